The fraction of sp³-hybridized carbons (Fsp3) is 0. The van der Waals surface area contributed by atoms with Crippen molar-refractivity contribution in [1.82, 2.24) is 0 Å². The van der Waals surface area contributed by atoms with Gasteiger partial charge in [-0.05, 0) is 23.3 Å². The van der Waals surface area contributed by atoms with Gasteiger partial charge < -0.3 is 17.5 Å². The van der Waals surface area contributed by atoms with Gasteiger partial charge in [-0.15, -0.1) is 7.26 Å². The van der Waals surface area contributed by atoms with E-state index in [-0.39, 0.29) is 70.6 Å². The molecule has 0 N–H and O–H groups in total. The van der Waals surface area contributed by atoms with E-state index in [1.807, 2.05) is 0 Å². The number of para-hydroxylation sites is 2. The first-order valence-corrected chi connectivity index (χ1v) is 16.4. The van der Waals surface area contributed by atoms with Crippen LogP contribution in [0.3, 0.4) is 0 Å². The van der Waals surface area contributed by atoms with Crippen LogP contribution in [0.4, 0.5) is 0 Å². The molecule has 0 aliphatic heterocycles. The Morgan fingerprint density at radius 1 is 0.409 bits per heavy atom. The van der Waals surface area contributed by atoms with Gasteiger partial charge in [-0.25, -0.2) is 16.8 Å². The third kappa shape index (κ3) is 14.0. The summed E-state index contributed by atoms with van der Waals surface area (Å²) in [5.74, 6) is -0.320. The van der Waals surface area contributed by atoms with Crippen LogP contribution in [0.15, 0.2) is 109 Å². The van der Waals surface area contributed by atoms with Crippen LogP contribution in [-0.4, -0.2) is 42.8 Å². The van der Waals surface area contributed by atoms with Crippen LogP contribution in [0.2, 0.25) is 0 Å². The Balaban J connectivity index is 0.000000421. The molecule has 0 spiro atoms. The summed E-state index contributed by atoms with van der Waals surface area (Å²) in [7, 11) is -20.9. The van der Waals surface area contributed by atoms with Crippen molar-refractivity contribution < 1.29 is 118 Å². The topological polar surface area (TPSA) is 220 Å². The Kier molecular flexibility index (Phi) is 15.6. The minimum absolute atomic E-state index is 0. The molecule has 0 bridgehead atoms. The van der Waals surface area contributed by atoms with Gasteiger partial charge in [-0.1, -0.05) is 97.1 Å². The predicted molar refractivity (Wildman–Crippen MR) is 144 cm³/mol. The molecule has 4 aromatic rings. The van der Waals surface area contributed by atoms with Gasteiger partial charge in [0, 0.05) is 11.1 Å². The first-order valence-electron chi connectivity index (χ1n) is 11.1. The Bertz CT molecular complexity index is 1810. The van der Waals surface area contributed by atoms with Crippen molar-refractivity contribution in [1.29, 1.82) is 0 Å². The van der Waals surface area contributed by atoms with E-state index in [4.69, 9.17) is 0 Å². The molecule has 0 aliphatic carbocycles. The van der Waals surface area contributed by atoms with Gasteiger partial charge in [-0.3, -0.25) is 0 Å². The van der Waals surface area contributed by atoms with Gasteiger partial charge in [0.05, 0.1) is 0 Å². The zero-order valence-electron chi connectivity index (χ0n) is 22.7. The van der Waals surface area contributed by atoms with Gasteiger partial charge in [-0.2, -0.15) is 16.8 Å². The molecule has 0 saturated heterocycles. The molecule has 20 heteroatoms. The molecule has 4 rings (SSSR count). The molecule has 224 valence electrons. The van der Waals surface area contributed by atoms with E-state index in [1.165, 1.54) is 24.3 Å². The van der Waals surface area contributed by atoms with E-state index in [2.05, 4.69) is 15.6 Å². The van der Waals surface area contributed by atoms with E-state index in [0.717, 1.165) is 0 Å². The third-order valence-corrected chi connectivity index (χ3v) is 8.09. The van der Waals surface area contributed by atoms with Crippen LogP contribution in [0.1, 0.15) is 0 Å². The first kappa shape index (κ1) is 40.1. The van der Waals surface area contributed by atoms with E-state index in [9.17, 15) is 42.8 Å². The molecule has 0 unspecified atom stereocenters. The fourth-order valence-corrected chi connectivity index (χ4v) is 5.83. The van der Waals surface area contributed by atoms with Crippen molar-refractivity contribution in [2.75, 3.05) is 0 Å². The molecular weight excluding hydrogens is 686 g/mol. The van der Waals surface area contributed by atoms with Crippen LogP contribution in [-0.2, 0) is 48.9 Å². The number of hydrogen-bond donors (Lipinski definition) is 0. The molecule has 0 amide bonds. The van der Waals surface area contributed by atoms with E-state index >= 15 is 0 Å². The molecule has 0 saturated carbocycles. The average Bonchev–Trinajstić information content (AvgIpc) is 2.87. The quantitative estimate of drug-likeness (QED) is 0.0908. The van der Waals surface area contributed by atoms with E-state index in [0.29, 0.717) is 22.3 Å². The standard InChI is InChI=1S/2C12H10O7S2.2Na/c2*13-20(14,15)19-21(16,17)18-12-9-5-4-8-11(12)10-6-2-1-3-7-10;;/h2*1-9H,(H,13,14,15);;/q;;2*+1/p-2. The number of rotatable bonds is 10. The largest absolute Gasteiger partial charge is 1.00 e. The summed E-state index contributed by atoms with van der Waals surface area (Å²) in [6, 6.07) is 29.4. The molecule has 0 radical (unpaired) electrons. The molecule has 0 atom stereocenters. The Labute approximate surface area is 299 Å². The second-order valence-corrected chi connectivity index (χ2v) is 12.3. The third-order valence-electron chi connectivity index (χ3n) is 4.66. The summed E-state index contributed by atoms with van der Waals surface area (Å²) in [5.41, 5.74) is 2.09. The molecule has 0 aromatic heterocycles. The van der Waals surface area contributed by atoms with Gasteiger partial charge in [0.25, 0.3) is 0 Å². The summed E-state index contributed by atoms with van der Waals surface area (Å²) < 4.78 is 123. The molecular formula is C24H18Na2O14S4. The van der Waals surface area contributed by atoms with E-state index < -0.39 is 41.6 Å². The second kappa shape index (κ2) is 17.2. The molecule has 44 heavy (non-hydrogen) atoms. The summed E-state index contributed by atoms with van der Waals surface area (Å²) >= 11 is 0. The average molecular weight is 705 g/mol. The maximum Gasteiger partial charge on any atom is 1.00 e. The zero-order chi connectivity index (χ0) is 31.0. The maximum atomic E-state index is 11.4. The van der Waals surface area contributed by atoms with Gasteiger partial charge in [0.1, 0.15) is 0 Å². The molecule has 0 heterocycles. The van der Waals surface area contributed by atoms with Gasteiger partial charge in [0.2, 0.25) is 20.8 Å². The SMILES string of the molecule is O=S(=O)([O-])OS(=O)(=O)Oc1ccccc1-c1ccccc1.O=S(=O)([O-])OS(=O)(=O)Oc1ccccc1-c1ccccc1.[Na+].[Na+]. The molecule has 0 aliphatic rings. The fourth-order valence-electron chi connectivity index (χ4n) is 3.24. The molecule has 14 nitrogen and oxygen atoms in total. The van der Waals surface area contributed by atoms with Gasteiger partial charge >= 0.3 is 79.9 Å². The van der Waals surface area contributed by atoms with Crippen molar-refractivity contribution in [3.8, 4) is 33.8 Å². The molecule has 0 fully saturated rings. The second-order valence-electron chi connectivity index (χ2n) is 7.66. The van der Waals surface area contributed by atoms with Crippen molar-refractivity contribution in [3.63, 3.8) is 0 Å². The smallest absolute Gasteiger partial charge is 0.725 e. The summed E-state index contributed by atoms with van der Waals surface area (Å²) in [6.07, 6.45) is 0. The van der Waals surface area contributed by atoms with Crippen molar-refractivity contribution >= 4 is 41.6 Å². The van der Waals surface area contributed by atoms with Crippen LogP contribution in [0, 0.1) is 0 Å². The number of benzene rings is 4. The Hall–Kier alpha value is -1.88. The minimum atomic E-state index is -5.44. The summed E-state index contributed by atoms with van der Waals surface area (Å²) in [5, 5.41) is 0. The van der Waals surface area contributed by atoms with Crippen molar-refractivity contribution in [3.05, 3.63) is 109 Å². The molecule has 4 aromatic carbocycles. The van der Waals surface area contributed by atoms with Crippen LogP contribution >= 0.6 is 0 Å². The van der Waals surface area contributed by atoms with Crippen LogP contribution in [0.5, 0.6) is 11.5 Å². The predicted octanol–water partition coefficient (Wildman–Crippen LogP) is -3.08. The van der Waals surface area contributed by atoms with Crippen molar-refractivity contribution in [2.45, 2.75) is 0 Å². The van der Waals surface area contributed by atoms with Crippen LogP contribution < -0.4 is 67.5 Å². The zero-order valence-corrected chi connectivity index (χ0v) is 30.0. The first-order chi connectivity index (χ1) is 19.5. The summed E-state index contributed by atoms with van der Waals surface area (Å²) in [4.78, 5) is 0. The Morgan fingerprint density at radius 2 is 0.682 bits per heavy atom. The monoisotopic (exact) mass is 704 g/mol. The van der Waals surface area contributed by atoms with Gasteiger partial charge in [0.15, 0.2) is 11.5 Å². The minimum Gasteiger partial charge on any atom is -0.725 e. The van der Waals surface area contributed by atoms with Crippen molar-refractivity contribution in [2.24, 2.45) is 0 Å². The Morgan fingerprint density at radius 3 is 0.977 bits per heavy atom. The van der Waals surface area contributed by atoms with E-state index in [1.54, 1.807) is 84.9 Å². The maximum absolute atomic E-state index is 11.4. The number of hydrogen-bond acceptors (Lipinski definition) is 14. The summed E-state index contributed by atoms with van der Waals surface area (Å²) in [6.45, 7) is 0. The normalized spacial score (nSPS) is 11.5. The van der Waals surface area contributed by atoms with Crippen LogP contribution in [0.25, 0.3) is 22.3 Å².